The number of hydrogen-bond donors (Lipinski definition) is 1. The van der Waals surface area contributed by atoms with Crippen molar-refractivity contribution in [1.82, 2.24) is 14.9 Å². The average Bonchev–Trinajstić information content (AvgIpc) is 2.70. The molecule has 3 aromatic rings. The Kier molecular flexibility index (Phi) is 4.96. The Balaban J connectivity index is 1.83. The van der Waals surface area contributed by atoms with Crippen LogP contribution in [0.5, 0.6) is 0 Å². The molecule has 1 aliphatic rings. The molecule has 1 fully saturated rings. The van der Waals surface area contributed by atoms with Crippen molar-refractivity contribution < 1.29 is 13.6 Å². The van der Waals surface area contributed by atoms with Crippen molar-refractivity contribution in [3.63, 3.8) is 0 Å². The van der Waals surface area contributed by atoms with Gasteiger partial charge in [0.05, 0.1) is 5.02 Å². The normalized spacial score (nSPS) is 14.5. The third-order valence-corrected chi connectivity index (χ3v) is 5.46. The van der Waals surface area contributed by atoms with Gasteiger partial charge in [0.1, 0.15) is 23.5 Å². The molecule has 0 bridgehead atoms. The van der Waals surface area contributed by atoms with Gasteiger partial charge in [-0.15, -0.1) is 0 Å². The lowest BCUT2D eigenvalue weighted by Gasteiger charge is -2.34. The van der Waals surface area contributed by atoms with E-state index in [0.717, 1.165) is 0 Å². The van der Waals surface area contributed by atoms with E-state index in [4.69, 9.17) is 17.3 Å². The minimum atomic E-state index is -0.694. The summed E-state index contributed by atoms with van der Waals surface area (Å²) < 4.78 is 29.9. The highest BCUT2D eigenvalue weighted by molar-refractivity contribution is 6.34. The number of hydrogen-bond acceptors (Lipinski definition) is 4. The van der Waals surface area contributed by atoms with Crippen LogP contribution in [0.15, 0.2) is 30.6 Å². The van der Waals surface area contributed by atoms with E-state index >= 15 is 4.39 Å². The molecule has 9 heteroatoms. The molecule has 2 amide bonds. The first-order chi connectivity index (χ1) is 13.9. The molecule has 2 heterocycles. The van der Waals surface area contributed by atoms with E-state index < -0.39 is 17.7 Å². The van der Waals surface area contributed by atoms with Gasteiger partial charge in [-0.3, -0.25) is 0 Å². The molecular weight excluding hydrogens is 400 g/mol. The molecule has 2 aromatic carbocycles. The molecule has 1 saturated heterocycles. The van der Waals surface area contributed by atoms with Crippen molar-refractivity contribution in [1.29, 1.82) is 0 Å². The molecule has 0 unspecified atom stereocenters. The van der Waals surface area contributed by atoms with E-state index in [-0.39, 0.29) is 21.7 Å². The third kappa shape index (κ3) is 3.33. The zero-order valence-corrected chi connectivity index (χ0v) is 16.4. The molecule has 4 rings (SSSR count). The Morgan fingerprint density at radius 3 is 2.52 bits per heavy atom. The second-order valence-electron chi connectivity index (χ2n) is 6.88. The Hall–Kier alpha value is -3.00. The summed E-state index contributed by atoms with van der Waals surface area (Å²) in [4.78, 5) is 23.2. The van der Waals surface area contributed by atoms with Crippen molar-refractivity contribution in [2.45, 2.75) is 6.92 Å². The Morgan fingerprint density at radius 2 is 1.86 bits per heavy atom. The van der Waals surface area contributed by atoms with Crippen LogP contribution in [0.2, 0.25) is 5.02 Å². The summed E-state index contributed by atoms with van der Waals surface area (Å²) in [6, 6.07) is 5.62. The number of fused-ring (bicyclic) bond motifs is 1. The van der Waals surface area contributed by atoms with Crippen LogP contribution in [0.3, 0.4) is 0 Å². The highest BCUT2D eigenvalue weighted by atomic mass is 35.5. The van der Waals surface area contributed by atoms with E-state index in [0.29, 0.717) is 42.9 Å². The maximum absolute atomic E-state index is 15.5. The smallest absolute Gasteiger partial charge is 0.314 e. The van der Waals surface area contributed by atoms with Gasteiger partial charge < -0.3 is 15.5 Å². The molecule has 0 saturated carbocycles. The summed E-state index contributed by atoms with van der Waals surface area (Å²) in [6.45, 7) is 3.54. The molecule has 29 heavy (non-hydrogen) atoms. The van der Waals surface area contributed by atoms with Crippen molar-refractivity contribution in [2.75, 3.05) is 31.1 Å². The second-order valence-corrected chi connectivity index (χ2v) is 7.29. The van der Waals surface area contributed by atoms with Crippen LogP contribution in [-0.4, -0.2) is 47.1 Å². The maximum Gasteiger partial charge on any atom is 0.314 e. The fourth-order valence-corrected chi connectivity index (χ4v) is 3.97. The monoisotopic (exact) mass is 417 g/mol. The fraction of sp³-hybridized carbons (Fsp3) is 0.250. The van der Waals surface area contributed by atoms with Crippen LogP contribution in [-0.2, 0) is 0 Å². The van der Waals surface area contributed by atoms with Crippen LogP contribution in [0, 0.1) is 18.6 Å². The minimum absolute atomic E-state index is 0.0158. The number of carbonyl (C=O) groups is 1. The summed E-state index contributed by atoms with van der Waals surface area (Å²) in [5.74, 6) is -0.737. The van der Waals surface area contributed by atoms with E-state index in [1.807, 2.05) is 4.90 Å². The van der Waals surface area contributed by atoms with Gasteiger partial charge in [-0.1, -0.05) is 23.7 Å². The molecule has 1 aliphatic heterocycles. The largest absolute Gasteiger partial charge is 0.352 e. The molecular formula is C20H18ClF2N5O. The molecule has 0 aliphatic carbocycles. The summed E-state index contributed by atoms with van der Waals surface area (Å²) in [6.07, 6.45) is 1.27. The Morgan fingerprint density at radius 1 is 1.14 bits per heavy atom. The van der Waals surface area contributed by atoms with Crippen molar-refractivity contribution in [2.24, 2.45) is 5.73 Å². The van der Waals surface area contributed by atoms with Gasteiger partial charge >= 0.3 is 6.03 Å². The molecule has 6 nitrogen and oxygen atoms in total. The van der Waals surface area contributed by atoms with Gasteiger partial charge in [0, 0.05) is 42.7 Å². The summed E-state index contributed by atoms with van der Waals surface area (Å²) in [7, 11) is 0. The average molecular weight is 418 g/mol. The van der Waals surface area contributed by atoms with Gasteiger partial charge in [0.2, 0.25) is 0 Å². The number of halogens is 3. The number of aromatic nitrogens is 2. The van der Waals surface area contributed by atoms with Gasteiger partial charge in [-0.2, -0.15) is 0 Å². The van der Waals surface area contributed by atoms with Crippen LogP contribution < -0.4 is 10.6 Å². The van der Waals surface area contributed by atoms with E-state index in [9.17, 15) is 9.18 Å². The van der Waals surface area contributed by atoms with Crippen molar-refractivity contribution in [3.05, 3.63) is 52.8 Å². The van der Waals surface area contributed by atoms with Crippen molar-refractivity contribution >= 4 is 34.4 Å². The summed E-state index contributed by atoms with van der Waals surface area (Å²) in [5.41, 5.74) is 6.06. The van der Waals surface area contributed by atoms with E-state index in [1.54, 1.807) is 25.1 Å². The standard InChI is InChI=1S/C20H18ClF2N5O/c1-11-3-2-4-14(22)15(11)16-13(21)9-12-18(17(16)23)25-10-26-19(12)27-5-7-28(8-6-27)20(24)29/h2-4,9-10H,5-8H2,1H3,(H2,24,29). The number of anilines is 1. The molecule has 0 radical (unpaired) electrons. The molecule has 0 spiro atoms. The van der Waals surface area contributed by atoms with Gasteiger partial charge in [-0.25, -0.2) is 23.5 Å². The minimum Gasteiger partial charge on any atom is -0.352 e. The van der Waals surface area contributed by atoms with Crippen LogP contribution in [0.25, 0.3) is 22.0 Å². The number of carbonyl (C=O) groups excluding carboxylic acids is 1. The van der Waals surface area contributed by atoms with Crippen LogP contribution in [0.1, 0.15) is 5.56 Å². The third-order valence-electron chi connectivity index (χ3n) is 5.16. The van der Waals surface area contributed by atoms with Gasteiger partial charge in [0.15, 0.2) is 5.82 Å². The number of primary amides is 1. The predicted molar refractivity (Wildman–Crippen MR) is 108 cm³/mol. The zero-order valence-electron chi connectivity index (χ0n) is 15.6. The number of nitrogens with zero attached hydrogens (tertiary/aromatic N) is 4. The number of benzene rings is 2. The van der Waals surface area contributed by atoms with E-state index in [1.165, 1.54) is 17.3 Å². The lowest BCUT2D eigenvalue weighted by atomic mass is 9.97. The number of amides is 2. The van der Waals surface area contributed by atoms with E-state index in [2.05, 4.69) is 9.97 Å². The topological polar surface area (TPSA) is 75.3 Å². The quantitative estimate of drug-likeness (QED) is 0.689. The van der Waals surface area contributed by atoms with Crippen LogP contribution >= 0.6 is 11.6 Å². The number of urea groups is 1. The van der Waals surface area contributed by atoms with Gasteiger partial charge in [-0.05, 0) is 24.6 Å². The second kappa shape index (κ2) is 7.44. The first-order valence-electron chi connectivity index (χ1n) is 9.06. The number of piperazine rings is 1. The number of nitrogens with two attached hydrogens (primary N) is 1. The SMILES string of the molecule is Cc1cccc(F)c1-c1c(Cl)cc2c(N3CCN(C(N)=O)CC3)ncnc2c1F. The Bertz CT molecular complexity index is 1100. The zero-order chi connectivity index (χ0) is 20.7. The first-order valence-corrected chi connectivity index (χ1v) is 9.43. The summed E-state index contributed by atoms with van der Waals surface area (Å²) >= 11 is 6.41. The molecule has 2 N–H and O–H groups in total. The number of rotatable bonds is 2. The Labute approximate surface area is 170 Å². The highest BCUT2D eigenvalue weighted by Gasteiger charge is 2.25. The first kappa shape index (κ1) is 19.3. The lowest BCUT2D eigenvalue weighted by Crippen LogP contribution is -2.50. The maximum atomic E-state index is 15.5. The van der Waals surface area contributed by atoms with Gasteiger partial charge in [0.25, 0.3) is 0 Å². The van der Waals surface area contributed by atoms with Crippen LogP contribution in [0.4, 0.5) is 19.4 Å². The fourth-order valence-electron chi connectivity index (χ4n) is 3.68. The summed E-state index contributed by atoms with van der Waals surface area (Å²) in [5, 5.41) is 0.510. The predicted octanol–water partition coefficient (Wildman–Crippen LogP) is 3.74. The molecule has 1 aromatic heterocycles. The molecule has 150 valence electrons. The molecule has 0 atom stereocenters. The lowest BCUT2D eigenvalue weighted by molar-refractivity contribution is 0.204. The number of aryl methyl sites for hydroxylation is 1. The highest BCUT2D eigenvalue weighted by Crippen LogP contribution is 2.39. The van der Waals surface area contributed by atoms with Crippen molar-refractivity contribution in [3.8, 4) is 11.1 Å².